The number of hydrogen-bond donors (Lipinski definition) is 1. The molecular weight excluding hydrogens is 216 g/mol. The van der Waals surface area contributed by atoms with Gasteiger partial charge in [0.15, 0.2) is 0 Å². The summed E-state index contributed by atoms with van der Waals surface area (Å²) in [6.07, 6.45) is 0.985. The lowest BCUT2D eigenvalue weighted by atomic mass is 10.0. The molecule has 1 unspecified atom stereocenters. The number of nitrogens with zero attached hydrogens (tertiary/aromatic N) is 3. The van der Waals surface area contributed by atoms with Crippen LogP contribution in [0, 0.1) is 6.92 Å². The van der Waals surface area contributed by atoms with E-state index in [0.717, 1.165) is 36.8 Å². The fraction of sp³-hybridized carbons (Fsp3) is 0.583. The highest BCUT2D eigenvalue weighted by Gasteiger charge is 2.26. The molecule has 0 aromatic carbocycles. The molecule has 1 fully saturated rings. The fourth-order valence-corrected chi connectivity index (χ4v) is 2.22. The number of carbonyl (C=O) groups excluding carboxylic acids is 1. The summed E-state index contributed by atoms with van der Waals surface area (Å²) in [5.74, 6) is 2.10. The molecule has 1 saturated heterocycles. The SMILES string of the molecule is CNc1cc(C2CCN(C(C)=O)C2)nc(C)n1. The van der Waals surface area contributed by atoms with Crippen molar-refractivity contribution < 1.29 is 4.79 Å². The topological polar surface area (TPSA) is 58.1 Å². The Hall–Kier alpha value is -1.65. The van der Waals surface area contributed by atoms with E-state index < -0.39 is 0 Å². The number of hydrogen-bond acceptors (Lipinski definition) is 4. The van der Waals surface area contributed by atoms with Crippen molar-refractivity contribution in [3.05, 3.63) is 17.6 Å². The lowest BCUT2D eigenvalue weighted by molar-refractivity contribution is -0.127. The third-order valence-corrected chi connectivity index (χ3v) is 3.17. The molecule has 1 N–H and O–H groups in total. The van der Waals surface area contributed by atoms with Crippen LogP contribution in [0.4, 0.5) is 5.82 Å². The molecule has 1 aliphatic heterocycles. The van der Waals surface area contributed by atoms with Crippen molar-refractivity contribution in [1.29, 1.82) is 0 Å². The predicted molar refractivity (Wildman–Crippen MR) is 65.9 cm³/mol. The van der Waals surface area contributed by atoms with Gasteiger partial charge in [0.1, 0.15) is 11.6 Å². The molecule has 1 aromatic heterocycles. The lowest BCUT2D eigenvalue weighted by Gasteiger charge is -2.14. The average molecular weight is 234 g/mol. The molecule has 5 nitrogen and oxygen atoms in total. The van der Waals surface area contributed by atoms with Gasteiger partial charge in [-0.25, -0.2) is 9.97 Å². The summed E-state index contributed by atoms with van der Waals surface area (Å²) >= 11 is 0. The maximum atomic E-state index is 11.3. The molecule has 0 radical (unpaired) electrons. The van der Waals surface area contributed by atoms with Gasteiger partial charge >= 0.3 is 0 Å². The van der Waals surface area contributed by atoms with E-state index in [2.05, 4.69) is 15.3 Å². The van der Waals surface area contributed by atoms with E-state index in [4.69, 9.17) is 0 Å². The van der Waals surface area contributed by atoms with Gasteiger partial charge in [0.05, 0.1) is 5.69 Å². The van der Waals surface area contributed by atoms with Crippen LogP contribution in [0.2, 0.25) is 0 Å². The van der Waals surface area contributed by atoms with Gasteiger partial charge in [-0.05, 0) is 13.3 Å². The number of aryl methyl sites for hydroxylation is 1. The Morgan fingerprint density at radius 2 is 2.29 bits per heavy atom. The molecule has 1 atom stereocenters. The van der Waals surface area contributed by atoms with E-state index in [1.807, 2.05) is 24.9 Å². The Morgan fingerprint density at radius 3 is 2.88 bits per heavy atom. The number of likely N-dealkylation sites (tertiary alicyclic amines) is 1. The van der Waals surface area contributed by atoms with Crippen molar-refractivity contribution in [2.45, 2.75) is 26.2 Å². The first-order valence-electron chi connectivity index (χ1n) is 5.89. The molecule has 1 aliphatic rings. The van der Waals surface area contributed by atoms with Crippen molar-refractivity contribution in [2.24, 2.45) is 0 Å². The van der Waals surface area contributed by atoms with Crippen LogP contribution >= 0.6 is 0 Å². The van der Waals surface area contributed by atoms with Gasteiger partial charge in [0.25, 0.3) is 0 Å². The zero-order valence-corrected chi connectivity index (χ0v) is 10.5. The molecule has 2 rings (SSSR count). The summed E-state index contributed by atoms with van der Waals surface area (Å²) in [5, 5.41) is 3.03. The minimum absolute atomic E-state index is 0.145. The van der Waals surface area contributed by atoms with Crippen LogP contribution < -0.4 is 5.32 Å². The number of aromatic nitrogens is 2. The van der Waals surface area contributed by atoms with E-state index in [1.165, 1.54) is 0 Å². The summed E-state index contributed by atoms with van der Waals surface area (Å²) in [7, 11) is 1.85. The van der Waals surface area contributed by atoms with Gasteiger partial charge in [0, 0.05) is 39.0 Å². The molecule has 0 spiro atoms. The van der Waals surface area contributed by atoms with Crippen LogP contribution in [0.15, 0.2) is 6.07 Å². The van der Waals surface area contributed by atoms with Crippen LogP contribution in [0.25, 0.3) is 0 Å². The highest BCUT2D eigenvalue weighted by molar-refractivity contribution is 5.73. The van der Waals surface area contributed by atoms with Crippen molar-refractivity contribution in [3.8, 4) is 0 Å². The standard InChI is InChI=1S/C12H18N4O/c1-8-14-11(6-12(13-3)15-8)10-4-5-16(7-10)9(2)17/h6,10H,4-5,7H2,1-3H3,(H,13,14,15). The highest BCUT2D eigenvalue weighted by atomic mass is 16.2. The average Bonchev–Trinajstić information content (AvgIpc) is 2.77. The molecule has 0 bridgehead atoms. The summed E-state index contributed by atoms with van der Waals surface area (Å²) in [6, 6.07) is 1.97. The number of anilines is 1. The molecular formula is C12H18N4O. The first-order valence-corrected chi connectivity index (χ1v) is 5.89. The molecule has 2 heterocycles. The van der Waals surface area contributed by atoms with Crippen LogP contribution in [0.1, 0.15) is 30.8 Å². The largest absolute Gasteiger partial charge is 0.373 e. The van der Waals surface area contributed by atoms with Gasteiger partial charge in [-0.15, -0.1) is 0 Å². The first-order chi connectivity index (χ1) is 8.10. The zero-order valence-electron chi connectivity index (χ0n) is 10.5. The van der Waals surface area contributed by atoms with Crippen LogP contribution in [-0.4, -0.2) is 40.9 Å². The molecule has 1 aromatic rings. The molecule has 17 heavy (non-hydrogen) atoms. The van der Waals surface area contributed by atoms with Crippen molar-refractivity contribution in [3.63, 3.8) is 0 Å². The van der Waals surface area contributed by atoms with E-state index >= 15 is 0 Å². The summed E-state index contributed by atoms with van der Waals surface area (Å²) in [5.41, 5.74) is 1.03. The normalized spacial score (nSPS) is 19.5. The van der Waals surface area contributed by atoms with Gasteiger partial charge < -0.3 is 10.2 Å². The molecule has 1 amide bonds. The smallest absolute Gasteiger partial charge is 0.219 e. The highest BCUT2D eigenvalue weighted by Crippen LogP contribution is 2.26. The van der Waals surface area contributed by atoms with Crippen LogP contribution in [-0.2, 0) is 4.79 Å². The van der Waals surface area contributed by atoms with E-state index in [-0.39, 0.29) is 5.91 Å². The Balaban J connectivity index is 2.18. The predicted octanol–water partition coefficient (Wildman–Crippen LogP) is 1.16. The van der Waals surface area contributed by atoms with Crippen LogP contribution in [0.5, 0.6) is 0 Å². The van der Waals surface area contributed by atoms with E-state index in [0.29, 0.717) is 5.92 Å². The van der Waals surface area contributed by atoms with Gasteiger partial charge in [-0.1, -0.05) is 0 Å². The second-order valence-electron chi connectivity index (χ2n) is 4.43. The fourth-order valence-electron chi connectivity index (χ4n) is 2.22. The third-order valence-electron chi connectivity index (χ3n) is 3.17. The minimum Gasteiger partial charge on any atom is -0.373 e. The number of rotatable bonds is 2. The Labute approximate surface area is 101 Å². The summed E-state index contributed by atoms with van der Waals surface area (Å²) in [6.45, 7) is 5.11. The molecule has 0 saturated carbocycles. The Kier molecular flexibility index (Phi) is 3.26. The Morgan fingerprint density at radius 1 is 1.53 bits per heavy atom. The van der Waals surface area contributed by atoms with Gasteiger partial charge in [-0.2, -0.15) is 0 Å². The Bertz CT molecular complexity index is 433. The van der Waals surface area contributed by atoms with Gasteiger partial charge in [-0.3, -0.25) is 4.79 Å². The first kappa shape index (κ1) is 11.8. The molecule has 0 aliphatic carbocycles. The number of nitrogens with one attached hydrogen (secondary N) is 1. The number of amides is 1. The quantitative estimate of drug-likeness (QED) is 0.834. The molecule has 5 heteroatoms. The number of carbonyl (C=O) groups is 1. The second-order valence-corrected chi connectivity index (χ2v) is 4.43. The molecule has 92 valence electrons. The second kappa shape index (κ2) is 4.69. The van der Waals surface area contributed by atoms with Gasteiger partial charge in [0.2, 0.25) is 5.91 Å². The van der Waals surface area contributed by atoms with Crippen molar-refractivity contribution >= 4 is 11.7 Å². The summed E-state index contributed by atoms with van der Waals surface area (Å²) < 4.78 is 0. The minimum atomic E-state index is 0.145. The van der Waals surface area contributed by atoms with Crippen molar-refractivity contribution in [1.82, 2.24) is 14.9 Å². The van der Waals surface area contributed by atoms with Crippen molar-refractivity contribution in [2.75, 3.05) is 25.5 Å². The summed E-state index contributed by atoms with van der Waals surface area (Å²) in [4.78, 5) is 21.9. The van der Waals surface area contributed by atoms with E-state index in [9.17, 15) is 4.79 Å². The van der Waals surface area contributed by atoms with E-state index in [1.54, 1.807) is 6.92 Å². The third kappa shape index (κ3) is 2.54. The monoisotopic (exact) mass is 234 g/mol. The maximum absolute atomic E-state index is 11.3. The maximum Gasteiger partial charge on any atom is 0.219 e. The van der Waals surface area contributed by atoms with Crippen LogP contribution in [0.3, 0.4) is 0 Å². The lowest BCUT2D eigenvalue weighted by Crippen LogP contribution is -2.25. The zero-order chi connectivity index (χ0) is 12.4.